The van der Waals surface area contributed by atoms with Crippen LogP contribution in [0.15, 0.2) is 73.4 Å². The molecule has 0 fully saturated rings. The van der Waals surface area contributed by atoms with Crippen LogP contribution < -0.4 is 5.32 Å². The fourth-order valence-corrected chi connectivity index (χ4v) is 3.93. The highest BCUT2D eigenvalue weighted by atomic mass is 35.5. The zero-order valence-corrected chi connectivity index (χ0v) is 17.7. The highest BCUT2D eigenvalue weighted by Gasteiger charge is 2.08. The van der Waals surface area contributed by atoms with Gasteiger partial charge < -0.3 is 10.3 Å². The van der Waals surface area contributed by atoms with Crippen LogP contribution in [0.3, 0.4) is 0 Å². The molecule has 1 heterocycles. The van der Waals surface area contributed by atoms with Gasteiger partial charge in [0.1, 0.15) is 0 Å². The van der Waals surface area contributed by atoms with Crippen LogP contribution in [0.5, 0.6) is 0 Å². The fourth-order valence-electron chi connectivity index (χ4n) is 3.60. The average Bonchev–Trinajstić information content (AvgIpc) is 3.10. The minimum absolute atomic E-state index is 0.563. The predicted octanol–water partition coefficient (Wildman–Crippen LogP) is 7.25. The van der Waals surface area contributed by atoms with Crippen molar-refractivity contribution in [3.63, 3.8) is 0 Å². The molecule has 0 aliphatic heterocycles. The summed E-state index contributed by atoms with van der Waals surface area (Å²) in [7, 11) is 0. The Kier molecular flexibility index (Phi) is 5.66. The van der Waals surface area contributed by atoms with Crippen molar-refractivity contribution in [2.75, 3.05) is 6.54 Å². The molecule has 3 aromatic carbocycles. The van der Waals surface area contributed by atoms with E-state index in [1.54, 1.807) is 0 Å². The number of fused-ring (bicyclic) bond motifs is 1. The van der Waals surface area contributed by atoms with Gasteiger partial charge in [0.25, 0.3) is 0 Å². The molecule has 4 aromatic rings. The van der Waals surface area contributed by atoms with Crippen molar-refractivity contribution >= 4 is 39.8 Å². The van der Waals surface area contributed by atoms with Crippen LogP contribution in [0.2, 0.25) is 10.0 Å². The molecule has 0 aliphatic carbocycles. The fraction of sp³-hybridized carbons (Fsp3) is 0.120. The standard InChI is InChI=1S/C25H22Cl2N2/c1-16-6-3-4-9-21(16)19-8-5-7-18(12-19)17(2)28-11-10-20-15-29-25-14-24(27)23(26)13-22(20)25/h3-9,12-15,28-29H,2,10-11H2,1H3. The second-order valence-electron chi connectivity index (χ2n) is 7.18. The Balaban J connectivity index is 1.45. The molecule has 0 saturated carbocycles. The van der Waals surface area contributed by atoms with Gasteiger partial charge in [-0.3, -0.25) is 0 Å². The largest absolute Gasteiger partial charge is 0.385 e. The summed E-state index contributed by atoms with van der Waals surface area (Å²) in [4.78, 5) is 3.26. The number of aromatic nitrogens is 1. The second-order valence-corrected chi connectivity index (χ2v) is 7.99. The van der Waals surface area contributed by atoms with E-state index in [-0.39, 0.29) is 0 Å². The molecule has 2 nitrogen and oxygen atoms in total. The number of hydrogen-bond donors (Lipinski definition) is 2. The number of halogens is 2. The number of H-pyrrole nitrogens is 1. The van der Waals surface area contributed by atoms with E-state index < -0.39 is 0 Å². The van der Waals surface area contributed by atoms with E-state index >= 15 is 0 Å². The van der Waals surface area contributed by atoms with Crippen LogP contribution in [0.4, 0.5) is 0 Å². The van der Waals surface area contributed by atoms with Gasteiger partial charge in [-0.25, -0.2) is 0 Å². The Morgan fingerprint density at radius 2 is 1.79 bits per heavy atom. The van der Waals surface area contributed by atoms with E-state index in [9.17, 15) is 0 Å². The maximum Gasteiger partial charge on any atom is 0.0613 e. The Hall–Kier alpha value is -2.68. The molecule has 0 unspecified atom stereocenters. The Morgan fingerprint density at radius 1 is 1.00 bits per heavy atom. The first-order valence-corrected chi connectivity index (χ1v) is 10.3. The molecule has 1 aromatic heterocycles. The van der Waals surface area contributed by atoms with Crippen molar-refractivity contribution < 1.29 is 0 Å². The first-order valence-electron chi connectivity index (χ1n) is 9.57. The van der Waals surface area contributed by atoms with E-state index in [1.807, 2.05) is 18.3 Å². The lowest BCUT2D eigenvalue weighted by Gasteiger charge is -2.12. The SMILES string of the molecule is C=C(NCCc1c[nH]c2cc(Cl)c(Cl)cc12)c1cccc(-c2ccccc2C)c1. The molecule has 0 radical (unpaired) electrons. The summed E-state index contributed by atoms with van der Waals surface area (Å²) >= 11 is 12.3. The minimum Gasteiger partial charge on any atom is -0.385 e. The maximum absolute atomic E-state index is 6.18. The molecule has 0 bridgehead atoms. The van der Waals surface area contributed by atoms with Crippen molar-refractivity contribution in [3.8, 4) is 11.1 Å². The summed E-state index contributed by atoms with van der Waals surface area (Å²) in [6, 6.07) is 20.7. The van der Waals surface area contributed by atoms with Gasteiger partial charge in [0, 0.05) is 29.3 Å². The zero-order chi connectivity index (χ0) is 20.4. The van der Waals surface area contributed by atoms with Crippen LogP contribution in [-0.4, -0.2) is 11.5 Å². The minimum atomic E-state index is 0.563. The molecule has 0 spiro atoms. The monoisotopic (exact) mass is 420 g/mol. The van der Waals surface area contributed by atoms with E-state index in [1.165, 1.54) is 22.3 Å². The van der Waals surface area contributed by atoms with Gasteiger partial charge in [-0.15, -0.1) is 0 Å². The Bertz CT molecular complexity index is 1190. The van der Waals surface area contributed by atoms with Gasteiger partial charge in [0.2, 0.25) is 0 Å². The quantitative estimate of drug-likeness (QED) is 0.337. The normalized spacial score (nSPS) is 11.0. The molecule has 4 rings (SSSR count). The van der Waals surface area contributed by atoms with Crippen molar-refractivity contribution in [2.45, 2.75) is 13.3 Å². The lowest BCUT2D eigenvalue weighted by molar-refractivity contribution is 0.853. The molecule has 29 heavy (non-hydrogen) atoms. The average molecular weight is 421 g/mol. The summed E-state index contributed by atoms with van der Waals surface area (Å²) < 4.78 is 0. The van der Waals surface area contributed by atoms with Crippen molar-refractivity contribution in [3.05, 3.63) is 100 Å². The van der Waals surface area contributed by atoms with Gasteiger partial charge in [0.05, 0.1) is 10.0 Å². The number of aryl methyl sites for hydroxylation is 1. The molecular weight excluding hydrogens is 399 g/mol. The summed E-state index contributed by atoms with van der Waals surface area (Å²) in [5.41, 5.74) is 7.93. The molecule has 2 N–H and O–H groups in total. The van der Waals surface area contributed by atoms with Crippen LogP contribution in [0.25, 0.3) is 27.7 Å². The molecule has 146 valence electrons. The molecule has 0 amide bonds. The number of nitrogens with one attached hydrogen (secondary N) is 2. The Morgan fingerprint density at radius 3 is 2.62 bits per heavy atom. The predicted molar refractivity (Wildman–Crippen MR) is 126 cm³/mol. The van der Waals surface area contributed by atoms with Gasteiger partial charge >= 0.3 is 0 Å². The van der Waals surface area contributed by atoms with Crippen LogP contribution in [-0.2, 0) is 6.42 Å². The molecule has 4 heteroatoms. The first kappa shape index (κ1) is 19.6. The van der Waals surface area contributed by atoms with Crippen LogP contribution >= 0.6 is 23.2 Å². The van der Waals surface area contributed by atoms with Crippen LogP contribution in [0.1, 0.15) is 16.7 Å². The first-order chi connectivity index (χ1) is 14.0. The summed E-state index contributed by atoms with van der Waals surface area (Å²) in [5.74, 6) is 0. The Labute approximate surface area is 181 Å². The number of rotatable bonds is 6. The van der Waals surface area contributed by atoms with Gasteiger partial charge in [-0.2, -0.15) is 0 Å². The summed E-state index contributed by atoms with van der Waals surface area (Å²) in [6.07, 6.45) is 2.87. The van der Waals surface area contributed by atoms with E-state index in [0.29, 0.717) is 10.0 Å². The second kappa shape index (κ2) is 8.36. The number of benzene rings is 3. The van der Waals surface area contributed by atoms with E-state index in [0.717, 1.165) is 35.1 Å². The summed E-state index contributed by atoms with van der Waals surface area (Å²) in [5, 5.41) is 5.70. The molecule has 0 aliphatic rings. The topological polar surface area (TPSA) is 27.8 Å². The molecule has 0 saturated heterocycles. The highest BCUT2D eigenvalue weighted by Crippen LogP contribution is 2.30. The zero-order valence-electron chi connectivity index (χ0n) is 16.2. The third-order valence-corrected chi connectivity index (χ3v) is 5.93. The number of hydrogen-bond acceptors (Lipinski definition) is 1. The highest BCUT2D eigenvalue weighted by molar-refractivity contribution is 6.42. The van der Waals surface area contributed by atoms with E-state index in [2.05, 4.69) is 72.3 Å². The van der Waals surface area contributed by atoms with Crippen LogP contribution in [0, 0.1) is 6.92 Å². The van der Waals surface area contributed by atoms with Gasteiger partial charge in [0.15, 0.2) is 0 Å². The van der Waals surface area contributed by atoms with Gasteiger partial charge in [-0.1, -0.05) is 72.2 Å². The molecule has 0 atom stereocenters. The van der Waals surface area contributed by atoms with Crippen molar-refractivity contribution in [2.24, 2.45) is 0 Å². The lowest BCUT2D eigenvalue weighted by atomic mass is 9.98. The molecular formula is C25H22Cl2N2. The maximum atomic E-state index is 6.18. The third-order valence-electron chi connectivity index (χ3n) is 5.21. The van der Waals surface area contributed by atoms with E-state index in [4.69, 9.17) is 23.2 Å². The van der Waals surface area contributed by atoms with Gasteiger partial charge in [-0.05, 0) is 59.4 Å². The van der Waals surface area contributed by atoms with Crippen molar-refractivity contribution in [1.82, 2.24) is 10.3 Å². The smallest absolute Gasteiger partial charge is 0.0613 e. The summed E-state index contributed by atoms with van der Waals surface area (Å²) in [6.45, 7) is 7.14. The van der Waals surface area contributed by atoms with Crippen molar-refractivity contribution in [1.29, 1.82) is 0 Å². The number of aromatic amines is 1. The lowest BCUT2D eigenvalue weighted by Crippen LogP contribution is -2.15. The third kappa shape index (κ3) is 4.19.